The van der Waals surface area contributed by atoms with Crippen LogP contribution in [-0.2, 0) is 6.54 Å². The highest BCUT2D eigenvalue weighted by molar-refractivity contribution is 9.10. The molecule has 2 rings (SSSR count). The number of nitrogens with one attached hydrogen (secondary N) is 1. The molecular weight excluding hydrogens is 369 g/mol. The molecule has 1 aromatic carbocycles. The van der Waals surface area contributed by atoms with E-state index in [-0.39, 0.29) is 0 Å². The normalized spacial score (nSPS) is 10.7. The van der Waals surface area contributed by atoms with Crippen LogP contribution < -0.4 is 10.1 Å². The first-order valence-corrected chi connectivity index (χ1v) is 8.04. The quantitative estimate of drug-likeness (QED) is 0.713. The van der Waals surface area contributed by atoms with Crippen LogP contribution in [-0.4, -0.2) is 13.2 Å². The molecule has 1 heterocycles. The molecular formula is C13H12BrCl2NOS. The van der Waals surface area contributed by atoms with Gasteiger partial charge in [0.2, 0.25) is 0 Å². The number of ether oxygens (including phenoxy) is 1. The average molecular weight is 381 g/mol. The second-order valence-corrected chi connectivity index (χ2v) is 6.90. The minimum Gasteiger partial charge on any atom is -0.491 e. The van der Waals surface area contributed by atoms with Gasteiger partial charge in [0, 0.05) is 23.0 Å². The number of hydrogen-bond acceptors (Lipinski definition) is 3. The Kier molecular flexibility index (Phi) is 5.98. The van der Waals surface area contributed by atoms with Gasteiger partial charge in [-0.1, -0.05) is 23.2 Å². The van der Waals surface area contributed by atoms with Crippen molar-refractivity contribution in [2.24, 2.45) is 0 Å². The van der Waals surface area contributed by atoms with E-state index in [1.807, 2.05) is 30.3 Å². The molecule has 19 heavy (non-hydrogen) atoms. The van der Waals surface area contributed by atoms with Crippen LogP contribution in [0.15, 0.2) is 34.8 Å². The van der Waals surface area contributed by atoms with Gasteiger partial charge in [-0.25, -0.2) is 0 Å². The van der Waals surface area contributed by atoms with Crippen LogP contribution in [0.25, 0.3) is 0 Å². The molecule has 1 aromatic heterocycles. The molecule has 102 valence electrons. The van der Waals surface area contributed by atoms with E-state index in [2.05, 4.69) is 21.2 Å². The molecule has 6 heteroatoms. The van der Waals surface area contributed by atoms with Gasteiger partial charge >= 0.3 is 0 Å². The number of rotatable bonds is 6. The Morgan fingerprint density at radius 3 is 2.74 bits per heavy atom. The molecule has 0 spiro atoms. The zero-order valence-corrected chi connectivity index (χ0v) is 13.9. The Morgan fingerprint density at radius 1 is 1.21 bits per heavy atom. The van der Waals surface area contributed by atoms with Crippen LogP contribution in [0.4, 0.5) is 0 Å². The lowest BCUT2D eigenvalue weighted by molar-refractivity contribution is 0.312. The summed E-state index contributed by atoms with van der Waals surface area (Å²) in [5, 5.41) is 3.99. The van der Waals surface area contributed by atoms with E-state index in [9.17, 15) is 0 Å². The van der Waals surface area contributed by atoms with Crippen molar-refractivity contribution < 1.29 is 4.74 Å². The SMILES string of the molecule is Clc1ccc(OCCNCc2ccc(Cl)s2)c(Br)c1. The molecule has 1 N–H and O–H groups in total. The first-order chi connectivity index (χ1) is 9.15. The molecule has 0 amide bonds. The second kappa shape index (κ2) is 7.50. The van der Waals surface area contributed by atoms with E-state index < -0.39 is 0 Å². The average Bonchev–Trinajstić information content (AvgIpc) is 2.77. The first kappa shape index (κ1) is 15.1. The highest BCUT2D eigenvalue weighted by atomic mass is 79.9. The zero-order chi connectivity index (χ0) is 13.7. The third kappa shape index (κ3) is 4.97. The molecule has 0 aliphatic rings. The number of benzene rings is 1. The molecule has 0 aliphatic carbocycles. The van der Waals surface area contributed by atoms with Crippen LogP contribution >= 0.6 is 50.5 Å². The summed E-state index contributed by atoms with van der Waals surface area (Å²) in [6.45, 7) is 2.17. The van der Waals surface area contributed by atoms with Crippen molar-refractivity contribution in [3.8, 4) is 5.75 Å². The molecule has 0 fully saturated rings. The van der Waals surface area contributed by atoms with Gasteiger partial charge in [-0.3, -0.25) is 0 Å². The third-order valence-electron chi connectivity index (χ3n) is 2.36. The maximum atomic E-state index is 5.86. The van der Waals surface area contributed by atoms with Gasteiger partial charge in [0.05, 0.1) is 8.81 Å². The van der Waals surface area contributed by atoms with Crippen molar-refractivity contribution in [3.05, 3.63) is 49.0 Å². The largest absolute Gasteiger partial charge is 0.491 e. The maximum absolute atomic E-state index is 5.86. The van der Waals surface area contributed by atoms with Gasteiger partial charge < -0.3 is 10.1 Å². The lowest BCUT2D eigenvalue weighted by Crippen LogP contribution is -2.20. The molecule has 0 saturated heterocycles. The fourth-order valence-corrected chi connectivity index (χ4v) is 3.34. The Bertz CT molecular complexity index is 547. The Morgan fingerprint density at radius 2 is 2.05 bits per heavy atom. The van der Waals surface area contributed by atoms with E-state index in [1.54, 1.807) is 11.3 Å². The molecule has 0 aliphatic heterocycles. The molecule has 0 bridgehead atoms. The smallest absolute Gasteiger partial charge is 0.133 e. The van der Waals surface area contributed by atoms with E-state index in [4.69, 9.17) is 27.9 Å². The van der Waals surface area contributed by atoms with Crippen LogP contribution in [0.1, 0.15) is 4.88 Å². The summed E-state index contributed by atoms with van der Waals surface area (Å²) >= 11 is 16.7. The standard InChI is InChI=1S/C13H12BrCl2NOS/c14-11-7-9(15)1-3-12(11)18-6-5-17-8-10-2-4-13(16)19-10/h1-4,7,17H,5-6,8H2. The van der Waals surface area contributed by atoms with Gasteiger partial charge in [0.25, 0.3) is 0 Å². The summed E-state index contributed by atoms with van der Waals surface area (Å²) in [5.74, 6) is 0.797. The highest BCUT2D eigenvalue weighted by Crippen LogP contribution is 2.27. The van der Waals surface area contributed by atoms with Gasteiger partial charge in [-0.2, -0.15) is 0 Å². The topological polar surface area (TPSA) is 21.3 Å². The summed E-state index contributed by atoms with van der Waals surface area (Å²) in [4.78, 5) is 1.22. The molecule has 0 atom stereocenters. The molecule has 0 saturated carbocycles. The number of halogens is 3. The van der Waals surface area contributed by atoms with Crippen molar-refractivity contribution >= 4 is 50.5 Å². The van der Waals surface area contributed by atoms with E-state index >= 15 is 0 Å². The van der Waals surface area contributed by atoms with Gasteiger partial charge in [0.1, 0.15) is 12.4 Å². The lowest BCUT2D eigenvalue weighted by atomic mass is 10.3. The summed E-state index contributed by atoms with van der Waals surface area (Å²) < 4.78 is 7.33. The van der Waals surface area contributed by atoms with Crippen molar-refractivity contribution in [2.75, 3.05) is 13.2 Å². The van der Waals surface area contributed by atoms with E-state index in [0.29, 0.717) is 11.6 Å². The minimum atomic E-state index is 0.597. The van der Waals surface area contributed by atoms with Crippen molar-refractivity contribution in [3.63, 3.8) is 0 Å². The Balaban J connectivity index is 1.69. The summed E-state index contributed by atoms with van der Waals surface area (Å²) in [6, 6.07) is 9.41. The first-order valence-electron chi connectivity index (χ1n) is 5.68. The van der Waals surface area contributed by atoms with Crippen molar-refractivity contribution in [2.45, 2.75) is 6.54 Å². The summed E-state index contributed by atoms with van der Waals surface area (Å²) in [6.07, 6.45) is 0. The van der Waals surface area contributed by atoms with Crippen LogP contribution in [0, 0.1) is 0 Å². The fourth-order valence-electron chi connectivity index (χ4n) is 1.48. The fraction of sp³-hybridized carbons (Fsp3) is 0.231. The van der Waals surface area contributed by atoms with Crippen LogP contribution in [0.5, 0.6) is 5.75 Å². The van der Waals surface area contributed by atoms with Crippen LogP contribution in [0.3, 0.4) is 0 Å². The van der Waals surface area contributed by atoms with Crippen LogP contribution in [0.2, 0.25) is 9.36 Å². The second-order valence-electron chi connectivity index (χ2n) is 3.81. The van der Waals surface area contributed by atoms with Gasteiger partial charge in [0.15, 0.2) is 0 Å². The summed E-state index contributed by atoms with van der Waals surface area (Å²) in [7, 11) is 0. The van der Waals surface area contributed by atoms with Crippen molar-refractivity contribution in [1.82, 2.24) is 5.32 Å². The zero-order valence-electron chi connectivity index (χ0n) is 9.96. The monoisotopic (exact) mass is 379 g/mol. The molecule has 0 unspecified atom stereocenters. The van der Waals surface area contributed by atoms with E-state index in [0.717, 1.165) is 27.6 Å². The number of hydrogen-bond donors (Lipinski definition) is 1. The Hall–Kier alpha value is -0.260. The predicted octanol–water partition coefficient (Wildman–Crippen LogP) is 4.99. The van der Waals surface area contributed by atoms with Gasteiger partial charge in [-0.15, -0.1) is 11.3 Å². The molecule has 2 nitrogen and oxygen atoms in total. The van der Waals surface area contributed by atoms with Gasteiger partial charge in [-0.05, 0) is 46.3 Å². The third-order valence-corrected chi connectivity index (χ3v) is 4.44. The lowest BCUT2D eigenvalue weighted by Gasteiger charge is -2.08. The highest BCUT2D eigenvalue weighted by Gasteiger charge is 2.02. The van der Waals surface area contributed by atoms with E-state index in [1.165, 1.54) is 4.88 Å². The minimum absolute atomic E-state index is 0.597. The van der Waals surface area contributed by atoms with Crippen molar-refractivity contribution in [1.29, 1.82) is 0 Å². The number of thiophene rings is 1. The summed E-state index contributed by atoms with van der Waals surface area (Å²) in [5.41, 5.74) is 0. The molecule has 2 aromatic rings. The molecule has 0 radical (unpaired) electrons. The maximum Gasteiger partial charge on any atom is 0.133 e. The predicted molar refractivity (Wildman–Crippen MR) is 85.7 cm³/mol. The Labute approximate surface area is 134 Å².